The third kappa shape index (κ3) is 5.80. The summed E-state index contributed by atoms with van der Waals surface area (Å²) in [4.78, 5) is 2.60. The molecule has 0 unspecified atom stereocenters. The van der Waals surface area contributed by atoms with Crippen molar-refractivity contribution < 1.29 is 13.2 Å². The van der Waals surface area contributed by atoms with E-state index in [0.29, 0.717) is 47.1 Å². The zero-order valence-corrected chi connectivity index (χ0v) is 24.8. The van der Waals surface area contributed by atoms with Crippen molar-refractivity contribution in [1.29, 1.82) is 0 Å². The first-order valence-corrected chi connectivity index (χ1v) is 15.3. The number of hydrazone groups is 1. The molecule has 0 amide bonds. The SMILES string of the molecule is Cc1cc(C=NNc2c(Cl)cc(Cl)cc2Cl)c(C)n1-c1cc(S(=O)(=O)N2CCOCC2)ccc1N1CCCC1. The van der Waals surface area contributed by atoms with Crippen LogP contribution in [0.2, 0.25) is 15.1 Å². The monoisotopic (exact) mass is 609 g/mol. The van der Waals surface area contributed by atoms with E-state index < -0.39 is 10.0 Å². The van der Waals surface area contributed by atoms with Crippen LogP contribution in [0.4, 0.5) is 11.4 Å². The minimum Gasteiger partial charge on any atom is -0.379 e. The van der Waals surface area contributed by atoms with Crippen LogP contribution >= 0.6 is 34.8 Å². The summed E-state index contributed by atoms with van der Waals surface area (Å²) >= 11 is 18.5. The molecule has 2 aliphatic heterocycles. The van der Waals surface area contributed by atoms with Crippen molar-refractivity contribution in [3.63, 3.8) is 0 Å². The molecule has 3 aromatic rings. The van der Waals surface area contributed by atoms with Crippen molar-refractivity contribution in [2.75, 3.05) is 49.7 Å². The summed E-state index contributed by atoms with van der Waals surface area (Å²) in [7, 11) is -3.66. The van der Waals surface area contributed by atoms with Crippen LogP contribution in [-0.4, -0.2) is 62.9 Å². The van der Waals surface area contributed by atoms with E-state index in [0.717, 1.165) is 54.3 Å². The molecule has 208 valence electrons. The van der Waals surface area contributed by atoms with Crippen molar-refractivity contribution in [1.82, 2.24) is 8.87 Å². The second-order valence-corrected chi connectivity index (χ2v) is 12.8. The van der Waals surface area contributed by atoms with Crippen LogP contribution in [0.15, 0.2) is 46.4 Å². The number of anilines is 2. The third-order valence-electron chi connectivity index (χ3n) is 7.10. The standard InChI is InChI=1S/C27H30Cl3N5O3S/c1-18-13-20(17-31-32-27-23(29)14-21(28)15-24(27)30)19(2)35(18)26-16-22(5-6-25(26)33-7-3-4-8-33)39(36,37)34-9-11-38-12-10-34/h5-6,13-17,32H,3-4,7-12H2,1-2H3. The Kier molecular flexibility index (Phi) is 8.47. The number of benzene rings is 2. The van der Waals surface area contributed by atoms with Crippen molar-refractivity contribution in [2.45, 2.75) is 31.6 Å². The number of morpholine rings is 1. The lowest BCUT2D eigenvalue weighted by Crippen LogP contribution is -2.40. The van der Waals surface area contributed by atoms with E-state index in [1.807, 2.05) is 26.0 Å². The Morgan fingerprint density at radius 2 is 1.59 bits per heavy atom. The number of nitrogens with zero attached hydrogens (tertiary/aromatic N) is 4. The van der Waals surface area contributed by atoms with Gasteiger partial charge in [0.25, 0.3) is 0 Å². The zero-order valence-electron chi connectivity index (χ0n) is 21.8. The Balaban J connectivity index is 1.52. The van der Waals surface area contributed by atoms with Gasteiger partial charge in [0.05, 0.1) is 51.4 Å². The number of nitrogens with one attached hydrogen (secondary N) is 1. The third-order valence-corrected chi connectivity index (χ3v) is 9.81. The van der Waals surface area contributed by atoms with Crippen molar-refractivity contribution >= 4 is 62.4 Å². The average molecular weight is 611 g/mol. The fraction of sp³-hybridized carbons (Fsp3) is 0.370. The average Bonchev–Trinajstić information content (AvgIpc) is 3.54. The Hall–Kier alpha value is -2.27. The molecule has 12 heteroatoms. The summed E-state index contributed by atoms with van der Waals surface area (Å²) in [5.41, 5.74) is 7.96. The molecule has 8 nitrogen and oxygen atoms in total. The summed E-state index contributed by atoms with van der Waals surface area (Å²) in [6, 6.07) is 10.7. The van der Waals surface area contributed by atoms with Crippen LogP contribution < -0.4 is 10.3 Å². The van der Waals surface area contributed by atoms with Gasteiger partial charge in [-0.05, 0) is 63.1 Å². The Labute approximate surface area is 244 Å². The summed E-state index contributed by atoms with van der Waals surface area (Å²) in [6.07, 6.45) is 3.91. The highest BCUT2D eigenvalue weighted by atomic mass is 35.5. The molecule has 5 rings (SSSR count). The largest absolute Gasteiger partial charge is 0.379 e. The molecule has 3 heterocycles. The smallest absolute Gasteiger partial charge is 0.243 e. The number of aryl methyl sites for hydroxylation is 1. The molecule has 0 atom stereocenters. The number of hydrogen-bond acceptors (Lipinski definition) is 6. The number of halogens is 3. The highest BCUT2D eigenvalue weighted by molar-refractivity contribution is 7.89. The van der Waals surface area contributed by atoms with Crippen LogP contribution in [-0.2, 0) is 14.8 Å². The quantitative estimate of drug-likeness (QED) is 0.258. The number of ether oxygens (including phenoxy) is 1. The van der Waals surface area contributed by atoms with Gasteiger partial charge in [-0.2, -0.15) is 9.41 Å². The predicted octanol–water partition coefficient (Wildman–Crippen LogP) is 6.12. The van der Waals surface area contributed by atoms with Crippen molar-refractivity contribution in [2.24, 2.45) is 5.10 Å². The summed E-state index contributed by atoms with van der Waals surface area (Å²) < 4.78 is 36.0. The minimum atomic E-state index is -3.66. The number of rotatable bonds is 7. The molecule has 0 spiro atoms. The van der Waals surface area contributed by atoms with Crippen LogP contribution in [0.1, 0.15) is 29.8 Å². The van der Waals surface area contributed by atoms with Crippen LogP contribution in [0.5, 0.6) is 0 Å². The number of aromatic nitrogens is 1. The van der Waals surface area contributed by atoms with E-state index in [1.165, 1.54) is 4.31 Å². The fourth-order valence-electron chi connectivity index (χ4n) is 5.11. The van der Waals surface area contributed by atoms with Crippen molar-refractivity contribution in [3.05, 3.63) is 68.4 Å². The van der Waals surface area contributed by atoms with Gasteiger partial charge in [-0.25, -0.2) is 8.42 Å². The molecule has 2 fully saturated rings. The van der Waals surface area contributed by atoms with Crippen molar-refractivity contribution in [3.8, 4) is 5.69 Å². The molecule has 2 aliphatic rings. The highest BCUT2D eigenvalue weighted by Gasteiger charge is 2.28. The molecule has 1 N–H and O–H groups in total. The van der Waals surface area contributed by atoms with E-state index in [2.05, 4.69) is 20.0 Å². The first-order chi connectivity index (χ1) is 18.7. The van der Waals surface area contributed by atoms with Crippen LogP contribution in [0, 0.1) is 13.8 Å². The van der Waals surface area contributed by atoms with Gasteiger partial charge in [0.1, 0.15) is 0 Å². The molecule has 0 bridgehead atoms. The summed E-state index contributed by atoms with van der Waals surface area (Å²) in [5, 5.41) is 5.53. The maximum Gasteiger partial charge on any atom is 0.243 e. The second kappa shape index (κ2) is 11.7. The summed E-state index contributed by atoms with van der Waals surface area (Å²) in [6.45, 7) is 7.36. The Bertz CT molecular complexity index is 1490. The van der Waals surface area contributed by atoms with E-state index in [4.69, 9.17) is 39.5 Å². The first kappa shape index (κ1) is 28.3. The fourth-order valence-corrected chi connectivity index (χ4v) is 7.44. The van der Waals surface area contributed by atoms with Gasteiger partial charge in [-0.1, -0.05) is 34.8 Å². The van der Waals surface area contributed by atoms with E-state index in [1.54, 1.807) is 30.5 Å². The van der Waals surface area contributed by atoms with Gasteiger partial charge in [-0.3, -0.25) is 5.43 Å². The molecule has 0 saturated carbocycles. The van der Waals surface area contributed by atoms with E-state index in [9.17, 15) is 8.42 Å². The molecule has 0 radical (unpaired) electrons. The molecule has 39 heavy (non-hydrogen) atoms. The zero-order chi connectivity index (χ0) is 27.7. The molecule has 2 saturated heterocycles. The second-order valence-electron chi connectivity index (χ2n) is 9.64. The van der Waals surface area contributed by atoms with Gasteiger partial charge in [-0.15, -0.1) is 0 Å². The van der Waals surface area contributed by atoms with E-state index >= 15 is 0 Å². The van der Waals surface area contributed by atoms with Gasteiger partial charge in [0.2, 0.25) is 10.0 Å². The van der Waals surface area contributed by atoms with Gasteiger partial charge in [0, 0.05) is 48.2 Å². The lowest BCUT2D eigenvalue weighted by Gasteiger charge is -2.28. The molecule has 2 aromatic carbocycles. The molecule has 0 aliphatic carbocycles. The molecular weight excluding hydrogens is 581 g/mol. The lowest BCUT2D eigenvalue weighted by molar-refractivity contribution is 0.0730. The summed E-state index contributed by atoms with van der Waals surface area (Å²) in [5.74, 6) is 0. The maximum absolute atomic E-state index is 13.5. The van der Waals surface area contributed by atoms with Gasteiger partial charge in [0.15, 0.2) is 0 Å². The maximum atomic E-state index is 13.5. The van der Waals surface area contributed by atoms with Crippen LogP contribution in [0.3, 0.4) is 0 Å². The number of sulfonamides is 1. The predicted molar refractivity (Wildman–Crippen MR) is 159 cm³/mol. The van der Waals surface area contributed by atoms with Crippen LogP contribution in [0.25, 0.3) is 5.69 Å². The normalized spacial score (nSPS) is 16.9. The lowest BCUT2D eigenvalue weighted by atomic mass is 10.2. The Morgan fingerprint density at radius 3 is 2.26 bits per heavy atom. The topological polar surface area (TPSA) is 79.2 Å². The number of hydrogen-bond donors (Lipinski definition) is 1. The molecule has 1 aromatic heterocycles. The van der Waals surface area contributed by atoms with E-state index in [-0.39, 0.29) is 4.90 Å². The van der Waals surface area contributed by atoms with Gasteiger partial charge >= 0.3 is 0 Å². The molecular formula is C27H30Cl3N5O3S. The van der Waals surface area contributed by atoms with Gasteiger partial charge < -0.3 is 14.2 Å². The first-order valence-electron chi connectivity index (χ1n) is 12.8. The highest BCUT2D eigenvalue weighted by Crippen LogP contribution is 2.35. The minimum absolute atomic E-state index is 0.277. The Morgan fingerprint density at radius 1 is 0.923 bits per heavy atom.